The van der Waals surface area contributed by atoms with Crippen molar-refractivity contribution in [3.8, 4) is 0 Å². The Balaban J connectivity index is 1.49. The summed E-state index contributed by atoms with van der Waals surface area (Å²) in [5, 5.41) is 4.54. The van der Waals surface area contributed by atoms with Crippen molar-refractivity contribution in [2.24, 2.45) is 0 Å². The molecule has 0 amide bonds. The fraction of sp³-hybridized carbons (Fsp3) is 0.444. The van der Waals surface area contributed by atoms with Gasteiger partial charge in [0.15, 0.2) is 5.82 Å². The molecule has 3 heterocycles. The van der Waals surface area contributed by atoms with Gasteiger partial charge >= 0.3 is 0 Å². The van der Waals surface area contributed by atoms with Crippen molar-refractivity contribution in [1.29, 1.82) is 0 Å². The van der Waals surface area contributed by atoms with Gasteiger partial charge in [-0.1, -0.05) is 5.16 Å². The second-order valence-corrected chi connectivity index (χ2v) is 6.86. The molecule has 0 atom stereocenters. The molecule has 1 aliphatic rings. The van der Waals surface area contributed by atoms with Crippen LogP contribution in [0.25, 0.3) is 10.9 Å². The SMILES string of the molecule is CC(C)n1cnc2cc(N3CCN(Cc4ncon4)CC3)ccc2c1=O. The Morgan fingerprint density at radius 3 is 2.65 bits per heavy atom. The Labute approximate surface area is 151 Å². The monoisotopic (exact) mass is 354 g/mol. The molecule has 0 bridgehead atoms. The van der Waals surface area contributed by atoms with E-state index < -0.39 is 0 Å². The second-order valence-electron chi connectivity index (χ2n) is 6.86. The summed E-state index contributed by atoms with van der Waals surface area (Å²) < 4.78 is 6.45. The van der Waals surface area contributed by atoms with Gasteiger partial charge in [-0.15, -0.1) is 0 Å². The van der Waals surface area contributed by atoms with Crippen molar-refractivity contribution in [3.05, 3.63) is 47.1 Å². The van der Waals surface area contributed by atoms with E-state index in [1.165, 1.54) is 6.39 Å². The van der Waals surface area contributed by atoms with Gasteiger partial charge in [0.1, 0.15) is 0 Å². The molecule has 2 aromatic heterocycles. The first-order chi connectivity index (χ1) is 12.6. The zero-order valence-corrected chi connectivity index (χ0v) is 15.0. The molecule has 26 heavy (non-hydrogen) atoms. The Hall–Kier alpha value is -2.74. The molecular weight excluding hydrogens is 332 g/mol. The predicted octanol–water partition coefficient (Wildman–Crippen LogP) is 1.68. The summed E-state index contributed by atoms with van der Waals surface area (Å²) in [6, 6.07) is 6.03. The summed E-state index contributed by atoms with van der Waals surface area (Å²) in [4.78, 5) is 25.7. The predicted molar refractivity (Wildman–Crippen MR) is 98.2 cm³/mol. The number of anilines is 1. The lowest BCUT2D eigenvalue weighted by atomic mass is 10.2. The minimum absolute atomic E-state index is 0.0153. The van der Waals surface area contributed by atoms with Crippen molar-refractivity contribution < 1.29 is 4.52 Å². The highest BCUT2D eigenvalue weighted by atomic mass is 16.5. The maximum absolute atomic E-state index is 12.5. The number of fused-ring (bicyclic) bond motifs is 1. The molecule has 0 radical (unpaired) electrons. The first-order valence-electron chi connectivity index (χ1n) is 8.85. The number of rotatable bonds is 4. The van der Waals surface area contributed by atoms with E-state index in [2.05, 4.69) is 24.9 Å². The number of piperazine rings is 1. The number of hydrogen-bond acceptors (Lipinski definition) is 7. The van der Waals surface area contributed by atoms with Crippen LogP contribution >= 0.6 is 0 Å². The van der Waals surface area contributed by atoms with Gasteiger partial charge in [0, 0.05) is 37.9 Å². The number of nitrogens with zero attached hydrogens (tertiary/aromatic N) is 6. The Bertz CT molecular complexity index is 942. The largest absolute Gasteiger partial charge is 0.369 e. The Morgan fingerprint density at radius 1 is 1.15 bits per heavy atom. The molecule has 1 aliphatic heterocycles. The number of aromatic nitrogens is 4. The van der Waals surface area contributed by atoms with Crippen LogP contribution in [0.3, 0.4) is 0 Å². The first kappa shape index (κ1) is 16.7. The van der Waals surface area contributed by atoms with Crippen molar-refractivity contribution in [1.82, 2.24) is 24.6 Å². The van der Waals surface area contributed by atoms with Crippen LogP contribution in [0, 0.1) is 0 Å². The van der Waals surface area contributed by atoms with Crippen molar-refractivity contribution in [2.45, 2.75) is 26.4 Å². The summed E-state index contributed by atoms with van der Waals surface area (Å²) in [5.41, 5.74) is 1.87. The maximum Gasteiger partial charge on any atom is 0.261 e. The van der Waals surface area contributed by atoms with Crippen LogP contribution in [0.1, 0.15) is 25.7 Å². The third-order valence-corrected chi connectivity index (χ3v) is 4.83. The molecule has 0 unspecified atom stereocenters. The molecule has 4 rings (SSSR count). The fourth-order valence-electron chi connectivity index (χ4n) is 3.31. The van der Waals surface area contributed by atoms with E-state index in [0.717, 1.165) is 43.2 Å². The lowest BCUT2D eigenvalue weighted by Crippen LogP contribution is -2.46. The molecule has 0 N–H and O–H groups in total. The molecule has 0 spiro atoms. The van der Waals surface area contributed by atoms with Gasteiger partial charge in [-0.3, -0.25) is 14.3 Å². The van der Waals surface area contributed by atoms with Crippen LogP contribution in [0.15, 0.2) is 40.2 Å². The third kappa shape index (κ3) is 3.20. The van der Waals surface area contributed by atoms with E-state index in [1.54, 1.807) is 10.9 Å². The van der Waals surface area contributed by atoms with Gasteiger partial charge < -0.3 is 9.42 Å². The van der Waals surface area contributed by atoms with Gasteiger partial charge in [-0.05, 0) is 32.0 Å². The van der Waals surface area contributed by atoms with E-state index in [1.807, 2.05) is 32.0 Å². The van der Waals surface area contributed by atoms with Crippen molar-refractivity contribution in [3.63, 3.8) is 0 Å². The minimum atomic E-state index is 0.0153. The second kappa shape index (κ2) is 6.87. The lowest BCUT2D eigenvalue weighted by Gasteiger charge is -2.35. The molecule has 8 heteroatoms. The minimum Gasteiger partial charge on any atom is -0.369 e. The van der Waals surface area contributed by atoms with Crippen LogP contribution in [0.5, 0.6) is 0 Å². The summed E-state index contributed by atoms with van der Waals surface area (Å²) in [6.07, 6.45) is 3.00. The molecular formula is C18H22N6O2. The summed E-state index contributed by atoms with van der Waals surface area (Å²) in [7, 11) is 0. The molecule has 0 saturated carbocycles. The number of hydrogen-bond donors (Lipinski definition) is 0. The average molecular weight is 354 g/mol. The van der Waals surface area contributed by atoms with Crippen molar-refractivity contribution in [2.75, 3.05) is 31.1 Å². The van der Waals surface area contributed by atoms with E-state index in [9.17, 15) is 4.79 Å². The standard InChI is InChI=1S/C18H22N6O2/c1-13(2)24-11-19-16-9-14(3-4-15(16)18(24)25)23-7-5-22(6-8-23)10-17-20-12-26-21-17/h3-4,9,11-13H,5-8,10H2,1-2H3. The molecule has 136 valence electrons. The van der Waals surface area contributed by atoms with Crippen LogP contribution in [-0.2, 0) is 6.54 Å². The molecule has 1 saturated heterocycles. The molecule has 8 nitrogen and oxygen atoms in total. The topological polar surface area (TPSA) is 80.3 Å². The van der Waals surface area contributed by atoms with Gasteiger partial charge in [0.2, 0.25) is 6.39 Å². The molecule has 3 aromatic rings. The fourth-order valence-corrected chi connectivity index (χ4v) is 3.31. The van der Waals surface area contributed by atoms with E-state index in [0.29, 0.717) is 11.9 Å². The van der Waals surface area contributed by atoms with Gasteiger partial charge in [0.05, 0.1) is 23.8 Å². The number of benzene rings is 1. The summed E-state index contributed by atoms with van der Waals surface area (Å²) in [5.74, 6) is 0.717. The van der Waals surface area contributed by atoms with E-state index >= 15 is 0 Å². The van der Waals surface area contributed by atoms with Crippen LogP contribution in [0.4, 0.5) is 5.69 Å². The molecule has 0 aliphatic carbocycles. The Morgan fingerprint density at radius 2 is 1.96 bits per heavy atom. The van der Waals surface area contributed by atoms with E-state index in [4.69, 9.17) is 4.52 Å². The highest BCUT2D eigenvalue weighted by Crippen LogP contribution is 2.21. The Kier molecular flexibility index (Phi) is 4.42. The lowest BCUT2D eigenvalue weighted by molar-refractivity contribution is 0.240. The van der Waals surface area contributed by atoms with Gasteiger partial charge in [-0.2, -0.15) is 4.98 Å². The normalized spacial score (nSPS) is 15.9. The zero-order chi connectivity index (χ0) is 18.1. The maximum atomic E-state index is 12.5. The third-order valence-electron chi connectivity index (χ3n) is 4.83. The highest BCUT2D eigenvalue weighted by molar-refractivity contribution is 5.81. The van der Waals surface area contributed by atoms with Crippen molar-refractivity contribution >= 4 is 16.6 Å². The van der Waals surface area contributed by atoms with Gasteiger partial charge in [0.25, 0.3) is 5.56 Å². The van der Waals surface area contributed by atoms with Crippen LogP contribution in [0.2, 0.25) is 0 Å². The summed E-state index contributed by atoms with van der Waals surface area (Å²) in [6.45, 7) is 8.34. The highest BCUT2D eigenvalue weighted by Gasteiger charge is 2.19. The zero-order valence-electron chi connectivity index (χ0n) is 15.0. The van der Waals surface area contributed by atoms with Gasteiger partial charge in [-0.25, -0.2) is 4.98 Å². The quantitative estimate of drug-likeness (QED) is 0.705. The smallest absolute Gasteiger partial charge is 0.261 e. The van der Waals surface area contributed by atoms with Crippen LogP contribution in [-0.4, -0.2) is 50.8 Å². The molecule has 1 aromatic carbocycles. The molecule has 1 fully saturated rings. The first-order valence-corrected chi connectivity index (χ1v) is 8.85. The van der Waals surface area contributed by atoms with Crippen LogP contribution < -0.4 is 10.5 Å². The summed E-state index contributed by atoms with van der Waals surface area (Å²) >= 11 is 0. The van der Waals surface area contributed by atoms with E-state index in [-0.39, 0.29) is 11.6 Å². The average Bonchev–Trinajstić information content (AvgIpc) is 3.15.